The van der Waals surface area contributed by atoms with Gasteiger partial charge in [-0.2, -0.15) is 11.8 Å². The molecule has 0 spiro atoms. The van der Waals surface area contributed by atoms with Gasteiger partial charge in [-0.1, -0.05) is 0 Å². The van der Waals surface area contributed by atoms with Gasteiger partial charge in [-0.05, 0) is 50.3 Å². The molecule has 1 rings (SSSR count). The molecule has 2 N–H and O–H groups in total. The number of nitrogens with one attached hydrogen (secondary N) is 1. The Balaban J connectivity index is 1.77. The number of hydrogen-bond acceptors (Lipinski definition) is 3. The molecule has 0 aromatic carbocycles. The zero-order valence-corrected chi connectivity index (χ0v) is 8.57. The summed E-state index contributed by atoms with van der Waals surface area (Å²) >= 11 is 1.90. The average molecular weight is 189 g/mol. The van der Waals surface area contributed by atoms with Crippen LogP contribution in [0.2, 0.25) is 0 Å². The quantitative estimate of drug-likeness (QED) is 0.614. The maximum atomic E-state index is 9.03. The van der Waals surface area contributed by atoms with Crippen LogP contribution in [-0.4, -0.2) is 36.3 Å². The predicted octanol–water partition coefficient (Wildman–Crippen LogP) is 1.10. The highest BCUT2D eigenvalue weighted by molar-refractivity contribution is 7.98. The molecule has 0 saturated heterocycles. The van der Waals surface area contributed by atoms with Crippen LogP contribution in [0.25, 0.3) is 0 Å². The molecule has 0 atom stereocenters. The van der Waals surface area contributed by atoms with Gasteiger partial charge in [-0.3, -0.25) is 0 Å². The Hall–Kier alpha value is 0.270. The van der Waals surface area contributed by atoms with Gasteiger partial charge in [0, 0.05) is 0 Å². The molecule has 0 unspecified atom stereocenters. The van der Waals surface area contributed by atoms with Crippen LogP contribution in [0.15, 0.2) is 0 Å². The van der Waals surface area contributed by atoms with Gasteiger partial charge in [0.1, 0.15) is 0 Å². The Kier molecular flexibility index (Phi) is 5.04. The van der Waals surface area contributed by atoms with E-state index in [4.69, 9.17) is 5.11 Å². The summed E-state index contributed by atoms with van der Waals surface area (Å²) in [6.45, 7) is 2.23. The van der Waals surface area contributed by atoms with Crippen molar-refractivity contribution in [2.75, 3.05) is 25.1 Å². The van der Waals surface area contributed by atoms with E-state index in [1.54, 1.807) is 0 Å². The van der Waals surface area contributed by atoms with Crippen molar-refractivity contribution >= 4 is 11.8 Å². The van der Waals surface area contributed by atoms with Crippen LogP contribution in [-0.2, 0) is 0 Å². The minimum Gasteiger partial charge on any atom is -0.393 e. The predicted molar refractivity (Wildman–Crippen MR) is 54.6 cm³/mol. The lowest BCUT2D eigenvalue weighted by molar-refractivity contribution is 0.0432. The van der Waals surface area contributed by atoms with E-state index >= 15 is 0 Å². The molecule has 1 aliphatic rings. The molecule has 0 aromatic heterocycles. The van der Waals surface area contributed by atoms with Crippen LogP contribution in [0.5, 0.6) is 0 Å². The third kappa shape index (κ3) is 3.78. The van der Waals surface area contributed by atoms with Crippen LogP contribution in [0.3, 0.4) is 0 Å². The summed E-state index contributed by atoms with van der Waals surface area (Å²) in [7, 11) is 0. The normalized spacial score (nSPS) is 28.5. The molecule has 1 fully saturated rings. The fourth-order valence-corrected chi connectivity index (χ4v) is 1.95. The Labute approximate surface area is 79.1 Å². The molecular formula is C9H19NOS. The minimum atomic E-state index is 0.00278. The van der Waals surface area contributed by atoms with Crippen molar-refractivity contribution in [2.24, 2.45) is 5.92 Å². The molecule has 3 heteroatoms. The van der Waals surface area contributed by atoms with Crippen LogP contribution in [0.4, 0.5) is 0 Å². The monoisotopic (exact) mass is 189 g/mol. The molecule has 0 heterocycles. The summed E-state index contributed by atoms with van der Waals surface area (Å²) in [5.74, 6) is 1.99. The van der Waals surface area contributed by atoms with Crippen molar-refractivity contribution in [2.45, 2.75) is 25.4 Å². The molecule has 0 aromatic rings. The second-order valence-electron chi connectivity index (χ2n) is 3.54. The topological polar surface area (TPSA) is 32.3 Å². The lowest BCUT2D eigenvalue weighted by Crippen LogP contribution is -2.36. The first-order valence-corrected chi connectivity index (χ1v) is 6.10. The van der Waals surface area contributed by atoms with Crippen molar-refractivity contribution in [3.63, 3.8) is 0 Å². The Morgan fingerprint density at radius 2 is 2.25 bits per heavy atom. The van der Waals surface area contributed by atoms with E-state index in [1.165, 1.54) is 12.2 Å². The first-order chi connectivity index (χ1) is 5.83. The van der Waals surface area contributed by atoms with E-state index < -0.39 is 0 Å². The molecule has 12 heavy (non-hydrogen) atoms. The summed E-state index contributed by atoms with van der Waals surface area (Å²) in [4.78, 5) is 0. The zero-order chi connectivity index (χ0) is 8.81. The van der Waals surface area contributed by atoms with Gasteiger partial charge < -0.3 is 10.4 Å². The highest BCUT2D eigenvalue weighted by Crippen LogP contribution is 2.25. The molecule has 0 amide bonds. The third-order valence-electron chi connectivity index (χ3n) is 2.35. The van der Waals surface area contributed by atoms with Crippen molar-refractivity contribution in [3.05, 3.63) is 0 Å². The van der Waals surface area contributed by atoms with Crippen LogP contribution < -0.4 is 5.32 Å². The fraction of sp³-hybridized carbons (Fsp3) is 1.00. The molecule has 0 bridgehead atoms. The lowest BCUT2D eigenvalue weighted by Gasteiger charge is -2.31. The van der Waals surface area contributed by atoms with Gasteiger partial charge >= 0.3 is 0 Å². The standard InChI is InChI=1S/C9H19NOS/c1-12-4-2-3-10-7-8-5-9(11)6-8/h8-11H,2-7H2,1H3. The summed E-state index contributed by atoms with van der Waals surface area (Å²) in [5.41, 5.74) is 0. The molecule has 72 valence electrons. The van der Waals surface area contributed by atoms with E-state index in [2.05, 4.69) is 11.6 Å². The second-order valence-corrected chi connectivity index (χ2v) is 4.53. The number of hydrogen-bond donors (Lipinski definition) is 2. The van der Waals surface area contributed by atoms with Gasteiger partial charge in [-0.25, -0.2) is 0 Å². The van der Waals surface area contributed by atoms with Crippen LogP contribution >= 0.6 is 11.8 Å². The smallest absolute Gasteiger partial charge is 0.0546 e. The van der Waals surface area contributed by atoms with Gasteiger partial charge in [0.15, 0.2) is 0 Å². The molecule has 2 nitrogen and oxygen atoms in total. The van der Waals surface area contributed by atoms with Crippen molar-refractivity contribution in [3.8, 4) is 0 Å². The van der Waals surface area contributed by atoms with E-state index in [0.29, 0.717) is 0 Å². The lowest BCUT2D eigenvalue weighted by atomic mass is 9.82. The zero-order valence-electron chi connectivity index (χ0n) is 7.75. The maximum absolute atomic E-state index is 9.03. The van der Waals surface area contributed by atoms with E-state index in [0.717, 1.165) is 31.8 Å². The van der Waals surface area contributed by atoms with Gasteiger partial charge in [-0.15, -0.1) is 0 Å². The van der Waals surface area contributed by atoms with E-state index in [-0.39, 0.29) is 6.10 Å². The van der Waals surface area contributed by atoms with Crippen molar-refractivity contribution < 1.29 is 5.11 Å². The Morgan fingerprint density at radius 1 is 1.50 bits per heavy atom. The molecule has 0 aliphatic heterocycles. The molecular weight excluding hydrogens is 170 g/mol. The van der Waals surface area contributed by atoms with Crippen molar-refractivity contribution in [1.82, 2.24) is 5.32 Å². The van der Waals surface area contributed by atoms with E-state index in [1.807, 2.05) is 11.8 Å². The summed E-state index contributed by atoms with van der Waals surface area (Å²) in [6, 6.07) is 0. The number of rotatable bonds is 6. The first-order valence-electron chi connectivity index (χ1n) is 4.70. The number of aliphatic hydroxyl groups is 1. The third-order valence-corrected chi connectivity index (χ3v) is 3.04. The Bertz CT molecular complexity index is 115. The van der Waals surface area contributed by atoms with Gasteiger partial charge in [0.25, 0.3) is 0 Å². The fourth-order valence-electron chi connectivity index (χ4n) is 1.51. The molecule has 1 aliphatic carbocycles. The van der Waals surface area contributed by atoms with Crippen molar-refractivity contribution in [1.29, 1.82) is 0 Å². The highest BCUT2D eigenvalue weighted by Gasteiger charge is 2.26. The summed E-state index contributed by atoms with van der Waals surface area (Å²) in [6.07, 6.45) is 5.42. The maximum Gasteiger partial charge on any atom is 0.0546 e. The molecule has 1 saturated carbocycles. The Morgan fingerprint density at radius 3 is 2.83 bits per heavy atom. The van der Waals surface area contributed by atoms with E-state index in [9.17, 15) is 0 Å². The van der Waals surface area contributed by atoms with Crippen LogP contribution in [0, 0.1) is 5.92 Å². The molecule has 0 radical (unpaired) electrons. The second kappa shape index (κ2) is 5.84. The largest absolute Gasteiger partial charge is 0.393 e. The summed E-state index contributed by atoms with van der Waals surface area (Å²) in [5, 5.41) is 12.4. The van der Waals surface area contributed by atoms with Gasteiger partial charge in [0.2, 0.25) is 0 Å². The average Bonchev–Trinajstić information content (AvgIpc) is 2.00. The summed E-state index contributed by atoms with van der Waals surface area (Å²) < 4.78 is 0. The van der Waals surface area contributed by atoms with Crippen LogP contribution in [0.1, 0.15) is 19.3 Å². The number of thioether (sulfide) groups is 1. The first kappa shape index (κ1) is 10.4. The SMILES string of the molecule is CSCCCNCC1CC(O)C1. The number of aliphatic hydroxyl groups excluding tert-OH is 1. The minimum absolute atomic E-state index is 0.00278. The highest BCUT2D eigenvalue weighted by atomic mass is 32.2. The van der Waals surface area contributed by atoms with Gasteiger partial charge in [0.05, 0.1) is 6.10 Å².